The second-order valence-corrected chi connectivity index (χ2v) is 10.6. The van der Waals surface area contributed by atoms with E-state index < -0.39 is 14.2 Å². The fourth-order valence-corrected chi connectivity index (χ4v) is 3.52. The Balaban J connectivity index is 2.49. The molecule has 2 atom stereocenters. The van der Waals surface area contributed by atoms with Crippen LogP contribution in [0.5, 0.6) is 0 Å². The number of nitrogens with zero attached hydrogens (tertiary/aromatic N) is 1. The van der Waals surface area contributed by atoms with Gasteiger partial charge in [-0.25, -0.2) is 4.39 Å². The average molecular weight is 205 g/mol. The van der Waals surface area contributed by atoms with Gasteiger partial charge in [-0.05, 0) is 12.6 Å². The second-order valence-electron chi connectivity index (χ2n) is 5.16. The summed E-state index contributed by atoms with van der Waals surface area (Å²) in [6.07, 6.45) is 0.785. The summed E-state index contributed by atoms with van der Waals surface area (Å²) in [6.45, 7) is 7.44. The van der Waals surface area contributed by atoms with E-state index in [1.165, 1.54) is 0 Å². The predicted molar refractivity (Wildman–Crippen MR) is 55.3 cm³/mol. The van der Waals surface area contributed by atoms with Crippen LogP contribution in [0.15, 0.2) is 0 Å². The standard InChI is InChI=1S/C9H20FNOSi/c1-13(2,3)7-11-5-8(10)4-9(11)6-12/h8-9,12H,4-7H2,1-3H3/t8-,9-/m0/s1. The zero-order valence-corrected chi connectivity index (χ0v) is 9.76. The lowest BCUT2D eigenvalue weighted by Crippen LogP contribution is -2.44. The number of hydrogen-bond acceptors (Lipinski definition) is 2. The Hall–Kier alpha value is 0.0669. The second kappa shape index (κ2) is 4.07. The van der Waals surface area contributed by atoms with Gasteiger partial charge in [0.25, 0.3) is 0 Å². The molecule has 0 bridgehead atoms. The molecule has 1 rings (SSSR count). The molecule has 0 amide bonds. The van der Waals surface area contributed by atoms with E-state index in [9.17, 15) is 4.39 Å². The van der Waals surface area contributed by atoms with E-state index in [4.69, 9.17) is 5.11 Å². The van der Waals surface area contributed by atoms with Gasteiger partial charge in [0.1, 0.15) is 6.17 Å². The van der Waals surface area contributed by atoms with Crippen LogP contribution >= 0.6 is 0 Å². The molecule has 1 N–H and O–H groups in total. The van der Waals surface area contributed by atoms with Crippen LogP contribution in [0, 0.1) is 0 Å². The molecule has 0 aromatic heterocycles. The van der Waals surface area contributed by atoms with Crippen LogP contribution in [0.25, 0.3) is 0 Å². The predicted octanol–water partition coefficient (Wildman–Crippen LogP) is 1.27. The van der Waals surface area contributed by atoms with Crippen molar-refractivity contribution in [2.75, 3.05) is 19.3 Å². The minimum atomic E-state index is -1.16. The Morgan fingerprint density at radius 3 is 2.54 bits per heavy atom. The molecule has 0 spiro atoms. The van der Waals surface area contributed by atoms with Crippen molar-refractivity contribution < 1.29 is 9.50 Å². The highest BCUT2D eigenvalue weighted by Gasteiger charge is 2.33. The molecule has 0 aliphatic carbocycles. The largest absolute Gasteiger partial charge is 0.395 e. The highest BCUT2D eigenvalue weighted by atomic mass is 28.3. The van der Waals surface area contributed by atoms with Crippen molar-refractivity contribution in [3.63, 3.8) is 0 Å². The molecule has 4 heteroatoms. The first-order valence-electron chi connectivity index (χ1n) is 4.91. The van der Waals surface area contributed by atoms with Gasteiger partial charge in [-0.3, -0.25) is 4.90 Å². The van der Waals surface area contributed by atoms with Gasteiger partial charge in [0.15, 0.2) is 0 Å². The van der Waals surface area contributed by atoms with E-state index in [1.54, 1.807) is 0 Å². The number of alkyl halides is 1. The topological polar surface area (TPSA) is 23.5 Å². The van der Waals surface area contributed by atoms with Crippen LogP contribution in [0.4, 0.5) is 4.39 Å². The number of aliphatic hydroxyl groups is 1. The molecule has 1 aliphatic heterocycles. The maximum absolute atomic E-state index is 13.0. The average Bonchev–Trinajstić information content (AvgIpc) is 2.27. The van der Waals surface area contributed by atoms with Crippen molar-refractivity contribution in [1.29, 1.82) is 0 Å². The Morgan fingerprint density at radius 2 is 2.08 bits per heavy atom. The van der Waals surface area contributed by atoms with Crippen LogP contribution in [-0.4, -0.2) is 49.6 Å². The molecule has 1 saturated heterocycles. The van der Waals surface area contributed by atoms with Crippen molar-refractivity contribution >= 4 is 8.07 Å². The van der Waals surface area contributed by atoms with E-state index in [0.29, 0.717) is 13.0 Å². The van der Waals surface area contributed by atoms with Gasteiger partial charge in [-0.15, -0.1) is 0 Å². The summed E-state index contributed by atoms with van der Waals surface area (Å²) < 4.78 is 13.0. The fourth-order valence-electron chi connectivity index (χ4n) is 1.92. The third-order valence-corrected chi connectivity index (χ3v) is 3.72. The molecule has 0 aromatic carbocycles. The fraction of sp³-hybridized carbons (Fsp3) is 1.00. The molecular weight excluding hydrogens is 185 g/mol. The van der Waals surface area contributed by atoms with E-state index >= 15 is 0 Å². The molecule has 0 aromatic rings. The Morgan fingerprint density at radius 1 is 1.46 bits per heavy atom. The van der Waals surface area contributed by atoms with Crippen LogP contribution < -0.4 is 0 Å². The highest BCUT2D eigenvalue weighted by Crippen LogP contribution is 2.21. The van der Waals surface area contributed by atoms with E-state index in [0.717, 1.165) is 6.17 Å². The summed E-state index contributed by atoms with van der Waals surface area (Å²) in [6, 6.07) is 0.0710. The summed E-state index contributed by atoms with van der Waals surface area (Å²) in [5, 5.41) is 9.06. The summed E-state index contributed by atoms with van der Waals surface area (Å²) in [5.74, 6) is 0. The van der Waals surface area contributed by atoms with E-state index in [-0.39, 0.29) is 12.6 Å². The normalized spacial score (nSPS) is 31.2. The quantitative estimate of drug-likeness (QED) is 0.701. The van der Waals surface area contributed by atoms with Crippen LogP contribution in [0.1, 0.15) is 6.42 Å². The van der Waals surface area contributed by atoms with Crippen molar-refractivity contribution in [2.45, 2.75) is 38.3 Å². The van der Waals surface area contributed by atoms with Crippen LogP contribution in [0.2, 0.25) is 19.6 Å². The Labute approximate surface area is 80.8 Å². The van der Waals surface area contributed by atoms with Crippen molar-refractivity contribution in [3.05, 3.63) is 0 Å². The molecule has 2 nitrogen and oxygen atoms in total. The Kier molecular flexibility index (Phi) is 3.48. The van der Waals surface area contributed by atoms with Gasteiger partial charge in [-0.1, -0.05) is 19.6 Å². The number of rotatable bonds is 3. The number of likely N-dealkylation sites (tertiary alicyclic amines) is 1. The van der Waals surface area contributed by atoms with Gasteiger partial charge >= 0.3 is 0 Å². The van der Waals surface area contributed by atoms with Crippen molar-refractivity contribution in [1.82, 2.24) is 4.90 Å². The lowest BCUT2D eigenvalue weighted by Gasteiger charge is -2.28. The third kappa shape index (κ3) is 3.36. The number of hydrogen-bond donors (Lipinski definition) is 1. The first-order valence-corrected chi connectivity index (χ1v) is 8.62. The maximum atomic E-state index is 13.0. The van der Waals surface area contributed by atoms with Gasteiger partial charge in [0, 0.05) is 12.6 Å². The lowest BCUT2D eigenvalue weighted by atomic mass is 10.2. The molecule has 1 aliphatic rings. The smallest absolute Gasteiger partial charge is 0.114 e. The van der Waals surface area contributed by atoms with Crippen molar-refractivity contribution in [2.24, 2.45) is 0 Å². The van der Waals surface area contributed by atoms with Crippen LogP contribution in [0.3, 0.4) is 0 Å². The van der Waals surface area contributed by atoms with Crippen LogP contribution in [-0.2, 0) is 0 Å². The van der Waals surface area contributed by atoms with Gasteiger partial charge in [-0.2, -0.15) is 0 Å². The Bertz CT molecular complexity index is 171. The summed E-state index contributed by atoms with van der Waals surface area (Å²) >= 11 is 0. The number of halogens is 1. The van der Waals surface area contributed by atoms with Gasteiger partial charge in [0.2, 0.25) is 0 Å². The first-order chi connectivity index (χ1) is 5.92. The van der Waals surface area contributed by atoms with E-state index in [2.05, 4.69) is 24.5 Å². The minimum Gasteiger partial charge on any atom is -0.395 e. The number of aliphatic hydroxyl groups excluding tert-OH is 1. The lowest BCUT2D eigenvalue weighted by molar-refractivity contribution is 0.173. The summed E-state index contributed by atoms with van der Waals surface area (Å²) in [5.41, 5.74) is 0. The first kappa shape index (κ1) is 11.1. The van der Waals surface area contributed by atoms with Crippen molar-refractivity contribution in [3.8, 4) is 0 Å². The molecule has 0 unspecified atom stereocenters. The highest BCUT2D eigenvalue weighted by molar-refractivity contribution is 6.76. The monoisotopic (exact) mass is 205 g/mol. The van der Waals surface area contributed by atoms with Gasteiger partial charge in [0.05, 0.1) is 14.7 Å². The molecular formula is C9H20FNOSi. The molecule has 13 heavy (non-hydrogen) atoms. The zero-order valence-electron chi connectivity index (χ0n) is 8.76. The third-order valence-electron chi connectivity index (χ3n) is 2.37. The molecule has 0 radical (unpaired) electrons. The molecule has 1 fully saturated rings. The zero-order chi connectivity index (χ0) is 10.1. The van der Waals surface area contributed by atoms with Gasteiger partial charge < -0.3 is 5.11 Å². The maximum Gasteiger partial charge on any atom is 0.114 e. The SMILES string of the molecule is C[Si](C)(C)CN1C[C@@H](F)C[C@H]1CO. The summed E-state index contributed by atoms with van der Waals surface area (Å²) in [4.78, 5) is 2.12. The molecule has 0 saturated carbocycles. The minimum absolute atomic E-state index is 0.0710. The van der Waals surface area contributed by atoms with E-state index in [1.807, 2.05) is 0 Å². The summed E-state index contributed by atoms with van der Waals surface area (Å²) in [7, 11) is -1.16. The molecule has 1 heterocycles. The molecule has 78 valence electrons.